The Hall–Kier alpha value is -2.13. The maximum atomic E-state index is 11.3. The van der Waals surface area contributed by atoms with E-state index in [1.165, 1.54) is 18.4 Å². The number of nitrogens with two attached hydrogens (primary N) is 1. The van der Waals surface area contributed by atoms with Crippen LogP contribution in [0.15, 0.2) is 60.7 Å². The van der Waals surface area contributed by atoms with Crippen molar-refractivity contribution in [2.45, 2.75) is 62.3 Å². The Morgan fingerprint density at radius 1 is 0.731 bits per heavy atom. The highest BCUT2D eigenvalue weighted by Gasteiger charge is 2.42. The third kappa shape index (κ3) is 3.83. The van der Waals surface area contributed by atoms with Crippen LogP contribution in [0.5, 0.6) is 0 Å². The zero-order chi connectivity index (χ0) is 18.5. The zero-order valence-electron chi connectivity index (χ0n) is 15.4. The molecule has 0 amide bonds. The van der Waals surface area contributed by atoms with Crippen LogP contribution in [0.25, 0.3) is 0 Å². The fourth-order valence-electron chi connectivity index (χ4n) is 4.43. The van der Waals surface area contributed by atoms with Gasteiger partial charge in [-0.3, -0.25) is 4.79 Å². The number of benzene rings is 2. The Kier molecular flexibility index (Phi) is 5.77. The average molecular weight is 351 g/mol. The van der Waals surface area contributed by atoms with Crippen LogP contribution in [0.1, 0.15) is 62.5 Å². The van der Waals surface area contributed by atoms with Crippen molar-refractivity contribution in [2.24, 2.45) is 5.73 Å². The smallest absolute Gasteiger partial charge is 0.314 e. The van der Waals surface area contributed by atoms with Crippen LogP contribution in [-0.4, -0.2) is 11.1 Å². The number of rotatable bonds is 3. The lowest BCUT2D eigenvalue weighted by molar-refractivity contribution is -0.143. The van der Waals surface area contributed by atoms with Gasteiger partial charge < -0.3 is 10.8 Å². The van der Waals surface area contributed by atoms with Gasteiger partial charge in [-0.15, -0.1) is 0 Å². The predicted molar refractivity (Wildman–Crippen MR) is 105 cm³/mol. The molecule has 2 aromatic rings. The Morgan fingerprint density at radius 3 is 1.62 bits per heavy atom. The number of aliphatic carboxylic acids is 1. The molecule has 2 aliphatic rings. The first-order valence-electron chi connectivity index (χ1n) is 9.70. The lowest BCUT2D eigenvalue weighted by atomic mass is 9.79. The molecule has 0 unspecified atom stereocenters. The Labute approximate surface area is 156 Å². The second kappa shape index (κ2) is 8.05. The standard InChI is InChI=1S/C12H14O2.C11H15N/c13-11(14)12(8-4-5-9-12)10-6-2-1-3-7-10;12-11(8-4-5-9-11)10-6-2-1-3-7-10/h1-3,6-7H,4-5,8-9H2,(H,13,14);1-3,6-7H,4-5,8-9,12H2. The van der Waals surface area contributed by atoms with Gasteiger partial charge in [0.2, 0.25) is 0 Å². The molecular formula is C23H29NO2. The van der Waals surface area contributed by atoms with E-state index in [1.54, 1.807) is 0 Å². The predicted octanol–water partition coefficient (Wildman–Crippen LogP) is 5.00. The molecule has 3 N–H and O–H groups in total. The first-order valence-corrected chi connectivity index (χ1v) is 9.70. The van der Waals surface area contributed by atoms with Gasteiger partial charge in [0.05, 0.1) is 5.41 Å². The molecule has 0 heterocycles. The van der Waals surface area contributed by atoms with Crippen LogP contribution < -0.4 is 5.73 Å². The summed E-state index contributed by atoms with van der Waals surface area (Å²) in [7, 11) is 0. The van der Waals surface area contributed by atoms with E-state index in [-0.39, 0.29) is 5.54 Å². The third-order valence-corrected chi connectivity index (χ3v) is 6.04. The highest BCUT2D eigenvalue weighted by Crippen LogP contribution is 2.41. The summed E-state index contributed by atoms with van der Waals surface area (Å²) in [6.07, 6.45) is 8.49. The summed E-state index contributed by atoms with van der Waals surface area (Å²) in [5.41, 5.74) is 7.94. The molecule has 4 rings (SSSR count). The van der Waals surface area contributed by atoms with Crippen LogP contribution in [0.4, 0.5) is 0 Å². The molecule has 0 aliphatic heterocycles. The van der Waals surface area contributed by atoms with Gasteiger partial charge in [0.25, 0.3) is 0 Å². The van der Waals surface area contributed by atoms with Crippen molar-refractivity contribution in [2.75, 3.05) is 0 Å². The second-order valence-corrected chi connectivity index (χ2v) is 7.69. The molecule has 0 bridgehead atoms. The largest absolute Gasteiger partial charge is 0.481 e. The number of carboxylic acids is 1. The minimum absolute atomic E-state index is 0.0126. The molecule has 0 spiro atoms. The molecule has 3 heteroatoms. The molecule has 3 nitrogen and oxygen atoms in total. The molecule has 0 aromatic heterocycles. The Balaban J connectivity index is 0.000000152. The van der Waals surface area contributed by atoms with Gasteiger partial charge in [0, 0.05) is 5.54 Å². The van der Waals surface area contributed by atoms with Crippen molar-refractivity contribution in [1.82, 2.24) is 0 Å². The summed E-state index contributed by atoms with van der Waals surface area (Å²) in [6.45, 7) is 0. The molecule has 0 atom stereocenters. The molecule has 26 heavy (non-hydrogen) atoms. The van der Waals surface area contributed by atoms with Crippen molar-refractivity contribution in [3.63, 3.8) is 0 Å². The average Bonchev–Trinajstić information content (AvgIpc) is 3.35. The van der Waals surface area contributed by atoms with Crippen LogP contribution in [0, 0.1) is 0 Å². The molecular weight excluding hydrogens is 322 g/mol. The van der Waals surface area contributed by atoms with Crippen LogP contribution in [0.3, 0.4) is 0 Å². The van der Waals surface area contributed by atoms with Gasteiger partial charge in [0.15, 0.2) is 0 Å². The minimum Gasteiger partial charge on any atom is -0.481 e. The van der Waals surface area contributed by atoms with Gasteiger partial charge in [-0.25, -0.2) is 0 Å². The van der Waals surface area contributed by atoms with Gasteiger partial charge >= 0.3 is 5.97 Å². The molecule has 0 saturated heterocycles. The van der Waals surface area contributed by atoms with Crippen molar-refractivity contribution in [3.8, 4) is 0 Å². The normalized spacial score (nSPS) is 20.2. The van der Waals surface area contributed by atoms with Crippen molar-refractivity contribution >= 4 is 5.97 Å². The van der Waals surface area contributed by atoms with E-state index in [0.717, 1.165) is 44.1 Å². The second-order valence-electron chi connectivity index (χ2n) is 7.69. The molecule has 2 fully saturated rings. The topological polar surface area (TPSA) is 63.3 Å². The van der Waals surface area contributed by atoms with E-state index in [2.05, 4.69) is 24.3 Å². The van der Waals surface area contributed by atoms with E-state index in [9.17, 15) is 9.90 Å². The number of carbonyl (C=O) groups is 1. The number of hydrogen-bond donors (Lipinski definition) is 2. The maximum Gasteiger partial charge on any atom is 0.314 e. The first-order chi connectivity index (χ1) is 12.6. The summed E-state index contributed by atoms with van der Waals surface area (Å²) < 4.78 is 0. The van der Waals surface area contributed by atoms with E-state index >= 15 is 0 Å². The summed E-state index contributed by atoms with van der Waals surface area (Å²) in [5, 5.41) is 9.32. The lowest BCUT2D eigenvalue weighted by Gasteiger charge is -2.24. The SMILES string of the molecule is NC1(c2ccccc2)CCCC1.O=C(O)C1(c2ccccc2)CCCC1. The molecule has 0 radical (unpaired) electrons. The summed E-state index contributed by atoms with van der Waals surface area (Å²) in [5.74, 6) is -0.666. The fraction of sp³-hybridized carbons (Fsp3) is 0.435. The van der Waals surface area contributed by atoms with Crippen LogP contribution in [-0.2, 0) is 15.7 Å². The van der Waals surface area contributed by atoms with E-state index < -0.39 is 11.4 Å². The van der Waals surface area contributed by atoms with E-state index in [0.29, 0.717) is 0 Å². The summed E-state index contributed by atoms with van der Waals surface area (Å²) in [6, 6.07) is 20.1. The first kappa shape index (κ1) is 18.7. The van der Waals surface area contributed by atoms with Gasteiger partial charge in [-0.05, 0) is 36.8 Å². The summed E-state index contributed by atoms with van der Waals surface area (Å²) >= 11 is 0. The molecule has 138 valence electrons. The highest BCUT2D eigenvalue weighted by molar-refractivity contribution is 5.81. The van der Waals surface area contributed by atoms with Crippen LogP contribution >= 0.6 is 0 Å². The Bertz CT molecular complexity index is 700. The van der Waals surface area contributed by atoms with Gasteiger partial charge in [-0.2, -0.15) is 0 Å². The van der Waals surface area contributed by atoms with Crippen molar-refractivity contribution in [1.29, 1.82) is 0 Å². The van der Waals surface area contributed by atoms with Crippen LogP contribution in [0.2, 0.25) is 0 Å². The molecule has 2 aromatic carbocycles. The zero-order valence-corrected chi connectivity index (χ0v) is 15.4. The van der Waals surface area contributed by atoms with Crippen molar-refractivity contribution in [3.05, 3.63) is 71.8 Å². The lowest BCUT2D eigenvalue weighted by Crippen LogP contribution is -2.32. The van der Waals surface area contributed by atoms with E-state index in [4.69, 9.17) is 5.73 Å². The minimum atomic E-state index is -0.666. The summed E-state index contributed by atoms with van der Waals surface area (Å²) in [4.78, 5) is 11.3. The quantitative estimate of drug-likeness (QED) is 0.818. The fourth-order valence-corrected chi connectivity index (χ4v) is 4.43. The van der Waals surface area contributed by atoms with E-state index in [1.807, 2.05) is 36.4 Å². The monoisotopic (exact) mass is 351 g/mol. The highest BCUT2D eigenvalue weighted by atomic mass is 16.4. The number of carboxylic acid groups (broad SMARTS) is 1. The molecule has 2 saturated carbocycles. The third-order valence-electron chi connectivity index (χ3n) is 6.04. The van der Waals surface area contributed by atoms with Gasteiger partial charge in [0.1, 0.15) is 0 Å². The molecule has 2 aliphatic carbocycles. The Morgan fingerprint density at radius 2 is 1.15 bits per heavy atom. The number of hydrogen-bond acceptors (Lipinski definition) is 2. The maximum absolute atomic E-state index is 11.3. The van der Waals surface area contributed by atoms with Gasteiger partial charge in [-0.1, -0.05) is 86.3 Å². The van der Waals surface area contributed by atoms with Crippen molar-refractivity contribution < 1.29 is 9.90 Å².